The van der Waals surface area contributed by atoms with Gasteiger partial charge in [-0.2, -0.15) is 0 Å². The lowest BCUT2D eigenvalue weighted by molar-refractivity contribution is 0.0964. The number of halogens is 1. The molecule has 2 nitrogen and oxygen atoms in total. The molecular formula is C17H20BrNO. The molecule has 106 valence electrons. The average Bonchev–Trinajstić information content (AvgIpc) is 2.89. The summed E-state index contributed by atoms with van der Waals surface area (Å²) in [5.41, 5.74) is 1.37. The molecule has 20 heavy (non-hydrogen) atoms. The number of rotatable bonds is 3. The zero-order chi connectivity index (χ0) is 14.1. The Labute approximate surface area is 128 Å². The zero-order valence-corrected chi connectivity index (χ0v) is 13.5. The average molecular weight is 334 g/mol. The van der Waals surface area contributed by atoms with Gasteiger partial charge in [-0.3, -0.25) is 0 Å². The number of nitrogens with one attached hydrogen (secondary N) is 1. The maximum atomic E-state index is 5.76. The van der Waals surface area contributed by atoms with Gasteiger partial charge in [-0.1, -0.05) is 46.3 Å². The summed E-state index contributed by atoms with van der Waals surface area (Å²) < 4.78 is 6.91. The summed E-state index contributed by atoms with van der Waals surface area (Å²) in [6.45, 7) is 3.06. The molecule has 3 rings (SSSR count). The molecule has 2 aromatic carbocycles. The Morgan fingerprint density at radius 1 is 1.20 bits per heavy atom. The first-order valence-electron chi connectivity index (χ1n) is 7.18. The van der Waals surface area contributed by atoms with Crippen molar-refractivity contribution in [2.75, 3.05) is 13.7 Å². The summed E-state index contributed by atoms with van der Waals surface area (Å²) in [5.74, 6) is 0.532. The van der Waals surface area contributed by atoms with Crippen LogP contribution in [0.2, 0.25) is 0 Å². The minimum absolute atomic E-state index is 0.315. The molecule has 1 fully saturated rings. The van der Waals surface area contributed by atoms with Crippen LogP contribution in [0.1, 0.15) is 24.9 Å². The van der Waals surface area contributed by atoms with Crippen molar-refractivity contribution in [1.82, 2.24) is 5.32 Å². The fourth-order valence-corrected chi connectivity index (χ4v) is 3.82. The summed E-state index contributed by atoms with van der Waals surface area (Å²) in [4.78, 5) is 0. The molecule has 3 atom stereocenters. The number of ether oxygens (including phenoxy) is 1. The van der Waals surface area contributed by atoms with E-state index in [0.717, 1.165) is 17.5 Å². The van der Waals surface area contributed by atoms with Crippen LogP contribution in [-0.2, 0) is 4.74 Å². The molecule has 1 N–H and O–H groups in total. The summed E-state index contributed by atoms with van der Waals surface area (Å²) in [6, 6.07) is 13.3. The van der Waals surface area contributed by atoms with Crippen molar-refractivity contribution < 1.29 is 4.74 Å². The smallest absolute Gasteiger partial charge is 0.0594 e. The highest BCUT2D eigenvalue weighted by Gasteiger charge is 2.32. The fourth-order valence-electron chi connectivity index (χ4n) is 3.34. The van der Waals surface area contributed by atoms with Gasteiger partial charge in [0.2, 0.25) is 0 Å². The van der Waals surface area contributed by atoms with Gasteiger partial charge in [-0.15, -0.1) is 0 Å². The molecule has 0 aliphatic carbocycles. The Hall–Kier alpha value is -0.900. The summed E-state index contributed by atoms with van der Waals surface area (Å²) in [6.07, 6.45) is 1.44. The Balaban J connectivity index is 2.10. The number of hydrogen-bond acceptors (Lipinski definition) is 2. The molecule has 1 heterocycles. The van der Waals surface area contributed by atoms with Crippen LogP contribution in [0.4, 0.5) is 0 Å². The molecule has 3 heteroatoms. The second-order valence-electron chi connectivity index (χ2n) is 5.48. The van der Waals surface area contributed by atoms with Gasteiger partial charge in [-0.25, -0.2) is 0 Å². The minimum atomic E-state index is 0.315. The molecule has 1 aliphatic heterocycles. The standard InChI is InChI=1S/C17H20BrNO/c1-11-12(9-10-20-11)17(19-2)15-7-8-16(18)14-6-4-3-5-13(14)15/h3-8,11-12,17,19H,9-10H2,1-2H3. The van der Waals surface area contributed by atoms with Crippen LogP contribution in [0.15, 0.2) is 40.9 Å². The Bertz CT molecular complexity index is 613. The molecule has 0 spiro atoms. The van der Waals surface area contributed by atoms with E-state index in [1.165, 1.54) is 16.3 Å². The minimum Gasteiger partial charge on any atom is -0.378 e. The first kappa shape index (κ1) is 14.1. The van der Waals surface area contributed by atoms with Crippen LogP contribution < -0.4 is 5.32 Å². The van der Waals surface area contributed by atoms with Gasteiger partial charge in [0.15, 0.2) is 0 Å². The molecule has 0 radical (unpaired) electrons. The molecule has 3 unspecified atom stereocenters. The van der Waals surface area contributed by atoms with Crippen LogP contribution >= 0.6 is 15.9 Å². The predicted octanol–water partition coefficient (Wildman–Crippen LogP) is 4.29. The van der Waals surface area contributed by atoms with Crippen LogP contribution in [0.3, 0.4) is 0 Å². The van der Waals surface area contributed by atoms with E-state index >= 15 is 0 Å². The molecule has 0 aromatic heterocycles. The second kappa shape index (κ2) is 5.84. The van der Waals surface area contributed by atoms with Gasteiger partial charge in [0.1, 0.15) is 0 Å². The van der Waals surface area contributed by atoms with Crippen molar-refractivity contribution in [2.24, 2.45) is 5.92 Å². The second-order valence-corrected chi connectivity index (χ2v) is 6.33. The Morgan fingerprint density at radius 3 is 2.60 bits per heavy atom. The lowest BCUT2D eigenvalue weighted by atomic mass is 9.86. The molecule has 0 bridgehead atoms. The number of fused-ring (bicyclic) bond motifs is 1. The van der Waals surface area contributed by atoms with E-state index in [4.69, 9.17) is 4.74 Å². The van der Waals surface area contributed by atoms with Crippen molar-refractivity contribution >= 4 is 26.7 Å². The van der Waals surface area contributed by atoms with E-state index in [0.29, 0.717) is 18.1 Å². The van der Waals surface area contributed by atoms with Crippen molar-refractivity contribution in [2.45, 2.75) is 25.5 Å². The van der Waals surface area contributed by atoms with E-state index in [1.54, 1.807) is 0 Å². The third-order valence-corrected chi connectivity index (χ3v) is 5.11. The monoisotopic (exact) mass is 333 g/mol. The summed E-state index contributed by atoms with van der Waals surface area (Å²) >= 11 is 3.65. The third-order valence-electron chi connectivity index (χ3n) is 4.41. The van der Waals surface area contributed by atoms with Gasteiger partial charge in [0.05, 0.1) is 6.10 Å². The quantitative estimate of drug-likeness (QED) is 0.904. The van der Waals surface area contributed by atoms with Crippen molar-refractivity contribution in [3.8, 4) is 0 Å². The Morgan fingerprint density at radius 2 is 1.95 bits per heavy atom. The molecule has 0 amide bonds. The van der Waals surface area contributed by atoms with Crippen molar-refractivity contribution in [1.29, 1.82) is 0 Å². The van der Waals surface area contributed by atoms with Gasteiger partial charge in [0, 0.05) is 23.0 Å². The van der Waals surface area contributed by atoms with E-state index in [1.807, 2.05) is 7.05 Å². The molecule has 2 aromatic rings. The van der Waals surface area contributed by atoms with Gasteiger partial charge in [-0.05, 0) is 42.8 Å². The van der Waals surface area contributed by atoms with Crippen LogP contribution in [0.5, 0.6) is 0 Å². The van der Waals surface area contributed by atoms with Crippen LogP contribution in [0.25, 0.3) is 10.8 Å². The van der Waals surface area contributed by atoms with Crippen molar-refractivity contribution in [3.63, 3.8) is 0 Å². The number of hydrogen-bond donors (Lipinski definition) is 1. The van der Waals surface area contributed by atoms with Gasteiger partial charge >= 0.3 is 0 Å². The highest BCUT2D eigenvalue weighted by atomic mass is 79.9. The van der Waals surface area contributed by atoms with Crippen molar-refractivity contribution in [3.05, 3.63) is 46.4 Å². The molecular weight excluding hydrogens is 314 g/mol. The number of benzene rings is 2. The zero-order valence-electron chi connectivity index (χ0n) is 11.9. The maximum Gasteiger partial charge on any atom is 0.0594 e. The summed E-state index contributed by atoms with van der Waals surface area (Å²) in [7, 11) is 2.05. The van der Waals surface area contributed by atoms with E-state index < -0.39 is 0 Å². The van der Waals surface area contributed by atoms with Crippen LogP contribution in [0, 0.1) is 5.92 Å². The topological polar surface area (TPSA) is 21.3 Å². The fraction of sp³-hybridized carbons (Fsp3) is 0.412. The van der Waals surface area contributed by atoms with Gasteiger partial charge < -0.3 is 10.1 Å². The highest BCUT2D eigenvalue weighted by molar-refractivity contribution is 9.10. The normalized spacial score (nSPS) is 24.1. The van der Waals surface area contributed by atoms with E-state index in [2.05, 4.69) is 64.6 Å². The molecule has 1 aliphatic rings. The summed E-state index contributed by atoms with van der Waals surface area (Å²) in [5, 5.41) is 6.10. The highest BCUT2D eigenvalue weighted by Crippen LogP contribution is 2.37. The first-order valence-corrected chi connectivity index (χ1v) is 7.97. The lowest BCUT2D eigenvalue weighted by Gasteiger charge is -2.27. The first-order chi connectivity index (χ1) is 9.72. The molecule has 1 saturated heterocycles. The maximum absolute atomic E-state index is 5.76. The lowest BCUT2D eigenvalue weighted by Crippen LogP contribution is -2.29. The Kier molecular flexibility index (Phi) is 4.11. The van der Waals surface area contributed by atoms with Crippen LogP contribution in [-0.4, -0.2) is 19.8 Å². The van der Waals surface area contributed by atoms with E-state index in [-0.39, 0.29) is 0 Å². The third kappa shape index (κ3) is 2.39. The largest absolute Gasteiger partial charge is 0.378 e. The van der Waals surface area contributed by atoms with E-state index in [9.17, 15) is 0 Å². The molecule has 0 saturated carbocycles. The van der Waals surface area contributed by atoms with Gasteiger partial charge in [0.25, 0.3) is 0 Å². The predicted molar refractivity (Wildman–Crippen MR) is 87.0 cm³/mol. The SMILES string of the molecule is CNC(c1ccc(Br)c2ccccc12)C1CCOC1C.